The summed E-state index contributed by atoms with van der Waals surface area (Å²) in [7, 11) is 2.86. The summed E-state index contributed by atoms with van der Waals surface area (Å²) in [6.45, 7) is 3.06. The number of rotatable bonds is 3. The topological polar surface area (TPSA) is 65.6 Å². The van der Waals surface area contributed by atoms with Gasteiger partial charge in [-0.25, -0.2) is 4.79 Å². The van der Waals surface area contributed by atoms with E-state index in [0.29, 0.717) is 0 Å². The van der Waals surface area contributed by atoms with Gasteiger partial charge in [-0.3, -0.25) is 13.9 Å². The quantitative estimate of drug-likeness (QED) is 0.304. The number of alkyl halides is 3. The molecule has 2 rings (SSSR count). The molecule has 0 aliphatic carbocycles. The van der Waals surface area contributed by atoms with E-state index < -0.39 is 15.2 Å². The number of aliphatic imine (C=N–C) groups is 1. The molecular formula is C16H16F2IN3O3. The third-order valence-electron chi connectivity index (χ3n) is 3.54. The summed E-state index contributed by atoms with van der Waals surface area (Å²) < 4.78 is 31.4. The molecule has 0 saturated heterocycles. The second-order valence-corrected chi connectivity index (χ2v) is 6.77. The SMILES string of the molecule is CC(=Nc1c(C)c(=O)n(C)c(=O)n1C)Oc1cccc(C(F)(F)I)c1. The maximum absolute atomic E-state index is 13.4. The van der Waals surface area contributed by atoms with Crippen LogP contribution in [0.4, 0.5) is 14.6 Å². The summed E-state index contributed by atoms with van der Waals surface area (Å²) in [5.74, 6) is 0.447. The zero-order chi connectivity index (χ0) is 18.9. The number of nitrogens with zero attached hydrogens (tertiary/aromatic N) is 3. The van der Waals surface area contributed by atoms with E-state index in [1.807, 2.05) is 0 Å². The van der Waals surface area contributed by atoms with Crippen molar-refractivity contribution >= 4 is 34.3 Å². The van der Waals surface area contributed by atoms with Gasteiger partial charge in [-0.2, -0.15) is 13.8 Å². The Morgan fingerprint density at radius 2 is 1.88 bits per heavy atom. The maximum Gasteiger partial charge on any atom is 0.332 e. The van der Waals surface area contributed by atoms with Crippen molar-refractivity contribution in [2.45, 2.75) is 17.8 Å². The Morgan fingerprint density at radius 3 is 2.48 bits per heavy atom. The number of ether oxygens (including phenoxy) is 1. The van der Waals surface area contributed by atoms with Crippen molar-refractivity contribution in [1.29, 1.82) is 0 Å². The molecule has 1 aromatic heterocycles. The lowest BCUT2D eigenvalue weighted by Gasteiger charge is -2.12. The predicted molar refractivity (Wildman–Crippen MR) is 99.4 cm³/mol. The molecule has 0 aliphatic heterocycles. The molecule has 0 saturated carbocycles. The van der Waals surface area contributed by atoms with Gasteiger partial charge in [0.15, 0.2) is 5.90 Å². The van der Waals surface area contributed by atoms with Gasteiger partial charge in [0.05, 0.1) is 5.56 Å². The van der Waals surface area contributed by atoms with Crippen LogP contribution in [0.2, 0.25) is 0 Å². The molecule has 6 nitrogen and oxygen atoms in total. The predicted octanol–water partition coefficient (Wildman–Crippen LogP) is 3.01. The summed E-state index contributed by atoms with van der Waals surface area (Å²) in [6.07, 6.45) is 0. The number of hydrogen-bond donors (Lipinski definition) is 0. The Hall–Kier alpha value is -2.04. The van der Waals surface area contributed by atoms with Crippen molar-refractivity contribution in [2.24, 2.45) is 19.1 Å². The molecule has 134 valence electrons. The van der Waals surface area contributed by atoms with Gasteiger partial charge in [-0.05, 0) is 19.1 Å². The Bertz CT molecular complexity index is 921. The van der Waals surface area contributed by atoms with E-state index in [2.05, 4.69) is 4.99 Å². The van der Waals surface area contributed by atoms with E-state index in [0.717, 1.165) is 27.2 Å². The van der Waals surface area contributed by atoms with Gasteiger partial charge in [0, 0.05) is 49.2 Å². The van der Waals surface area contributed by atoms with E-state index in [4.69, 9.17) is 4.74 Å². The van der Waals surface area contributed by atoms with Crippen LogP contribution in [0.1, 0.15) is 18.1 Å². The molecule has 25 heavy (non-hydrogen) atoms. The van der Waals surface area contributed by atoms with Gasteiger partial charge >= 0.3 is 9.62 Å². The average molecular weight is 463 g/mol. The minimum atomic E-state index is -3.02. The van der Waals surface area contributed by atoms with Crippen molar-refractivity contribution in [3.8, 4) is 5.75 Å². The first-order valence-corrected chi connectivity index (χ1v) is 8.27. The van der Waals surface area contributed by atoms with Crippen LogP contribution in [-0.2, 0) is 18.0 Å². The van der Waals surface area contributed by atoms with Crippen molar-refractivity contribution in [2.75, 3.05) is 0 Å². The van der Waals surface area contributed by atoms with E-state index in [-0.39, 0.29) is 28.6 Å². The molecule has 0 N–H and O–H groups in total. The van der Waals surface area contributed by atoms with Gasteiger partial charge in [-0.1, -0.05) is 12.1 Å². The summed E-state index contributed by atoms with van der Waals surface area (Å²) in [5, 5.41) is 0. The van der Waals surface area contributed by atoms with Crippen molar-refractivity contribution in [1.82, 2.24) is 9.13 Å². The highest BCUT2D eigenvalue weighted by molar-refractivity contribution is 14.1. The van der Waals surface area contributed by atoms with Gasteiger partial charge in [-0.15, -0.1) is 0 Å². The Balaban J connectivity index is 2.42. The molecule has 0 fully saturated rings. The molecule has 2 aromatic rings. The van der Waals surface area contributed by atoms with E-state index >= 15 is 0 Å². The van der Waals surface area contributed by atoms with Crippen LogP contribution < -0.4 is 16.0 Å². The molecular weight excluding hydrogens is 447 g/mol. The fourth-order valence-corrected chi connectivity index (χ4v) is 2.57. The first kappa shape index (κ1) is 19.3. The number of halogens is 3. The lowest BCUT2D eigenvalue weighted by Crippen LogP contribution is -2.38. The molecule has 0 bridgehead atoms. The van der Waals surface area contributed by atoms with Crippen LogP contribution in [0.15, 0.2) is 38.8 Å². The summed E-state index contributed by atoms with van der Waals surface area (Å²) in [4.78, 5) is 28.2. The van der Waals surface area contributed by atoms with E-state index in [9.17, 15) is 18.4 Å². The van der Waals surface area contributed by atoms with Crippen molar-refractivity contribution < 1.29 is 13.5 Å². The van der Waals surface area contributed by atoms with Crippen molar-refractivity contribution in [3.05, 3.63) is 56.2 Å². The first-order chi connectivity index (χ1) is 11.5. The van der Waals surface area contributed by atoms with Gasteiger partial charge in [0.1, 0.15) is 11.6 Å². The van der Waals surface area contributed by atoms with Gasteiger partial charge in [0.2, 0.25) is 0 Å². The standard InChI is InChI=1S/C16H16F2IN3O3/c1-9-13(21(3)15(24)22(4)14(9)23)20-10(2)25-12-7-5-6-11(8-12)16(17,18)19/h5-8H,1-4H3. The molecule has 0 spiro atoms. The van der Waals surface area contributed by atoms with Crippen LogP contribution in [-0.4, -0.2) is 15.0 Å². The second-order valence-electron chi connectivity index (χ2n) is 5.41. The Morgan fingerprint density at radius 1 is 1.24 bits per heavy atom. The largest absolute Gasteiger partial charge is 0.443 e. The van der Waals surface area contributed by atoms with Crippen LogP contribution in [0.25, 0.3) is 0 Å². The summed E-state index contributed by atoms with van der Waals surface area (Å²) >= 11 is 1.04. The van der Waals surface area contributed by atoms with Crippen LogP contribution in [0, 0.1) is 6.92 Å². The zero-order valence-corrected chi connectivity index (χ0v) is 16.2. The number of hydrogen-bond acceptors (Lipinski definition) is 4. The third kappa shape index (κ3) is 4.14. The third-order valence-corrected chi connectivity index (χ3v) is 4.17. The monoisotopic (exact) mass is 463 g/mol. The fraction of sp³-hybridized carbons (Fsp3) is 0.312. The minimum Gasteiger partial charge on any atom is -0.443 e. The number of aromatic nitrogens is 2. The fourth-order valence-electron chi connectivity index (χ4n) is 2.24. The molecule has 0 radical (unpaired) electrons. The van der Waals surface area contributed by atoms with Crippen molar-refractivity contribution in [3.63, 3.8) is 0 Å². The molecule has 0 aliphatic rings. The number of benzene rings is 1. The highest BCUT2D eigenvalue weighted by atomic mass is 127. The summed E-state index contributed by atoms with van der Waals surface area (Å²) in [6, 6.07) is 5.46. The second kappa shape index (κ2) is 7.06. The zero-order valence-electron chi connectivity index (χ0n) is 14.0. The highest BCUT2D eigenvalue weighted by Crippen LogP contribution is 2.36. The lowest BCUT2D eigenvalue weighted by atomic mass is 10.2. The van der Waals surface area contributed by atoms with Gasteiger partial charge < -0.3 is 4.74 Å². The summed E-state index contributed by atoms with van der Waals surface area (Å²) in [5.41, 5.74) is -0.898. The van der Waals surface area contributed by atoms with Crippen LogP contribution in [0.5, 0.6) is 5.75 Å². The molecule has 0 atom stereocenters. The minimum absolute atomic E-state index is 0.111. The molecule has 0 amide bonds. The lowest BCUT2D eigenvalue weighted by molar-refractivity contribution is 0.127. The first-order valence-electron chi connectivity index (χ1n) is 7.19. The smallest absolute Gasteiger partial charge is 0.332 e. The van der Waals surface area contributed by atoms with Gasteiger partial charge in [0.25, 0.3) is 5.56 Å². The van der Waals surface area contributed by atoms with E-state index in [1.54, 1.807) is 6.92 Å². The van der Waals surface area contributed by atoms with Crippen LogP contribution >= 0.6 is 22.6 Å². The molecule has 1 heterocycles. The Kier molecular flexibility index (Phi) is 5.45. The maximum atomic E-state index is 13.4. The average Bonchev–Trinajstić information content (AvgIpc) is 2.54. The Labute approximate surface area is 155 Å². The molecule has 0 unspecified atom stereocenters. The molecule has 9 heteroatoms. The highest BCUT2D eigenvalue weighted by Gasteiger charge is 2.27. The van der Waals surface area contributed by atoms with Crippen LogP contribution in [0.3, 0.4) is 0 Å². The molecule has 1 aromatic carbocycles. The van der Waals surface area contributed by atoms with E-state index in [1.165, 1.54) is 49.9 Å². The normalized spacial score (nSPS) is 12.4.